The summed E-state index contributed by atoms with van der Waals surface area (Å²) in [6.45, 7) is 19.8. The van der Waals surface area contributed by atoms with Gasteiger partial charge >= 0.3 is 32.7 Å². The first-order valence-corrected chi connectivity index (χ1v) is 13.8. The summed E-state index contributed by atoms with van der Waals surface area (Å²) in [6, 6.07) is 0. The minimum Gasteiger partial charge on any atom is -0.550 e. The summed E-state index contributed by atoms with van der Waals surface area (Å²) in [4.78, 5) is 30.1. The van der Waals surface area contributed by atoms with Gasteiger partial charge in [-0.05, 0) is 74.0 Å². The summed E-state index contributed by atoms with van der Waals surface area (Å²) >= 11 is 0. The number of aliphatic carboxylic acids is 3. The summed E-state index contributed by atoms with van der Waals surface area (Å²) < 4.78 is 0. The number of carbonyl (C=O) groups is 3. The molecule has 0 rings (SSSR count). The Bertz CT molecular complexity index is 487. The van der Waals surface area contributed by atoms with Crippen LogP contribution in [0.4, 0.5) is 0 Å². The third-order valence-corrected chi connectivity index (χ3v) is 5.42. The molecule has 0 saturated heterocycles. The molecule has 0 radical (unpaired) electrons. The Balaban J connectivity index is -0.000000218. The van der Waals surface area contributed by atoms with Crippen molar-refractivity contribution in [3.8, 4) is 0 Å². The molecule has 0 heterocycles. The molecule has 216 valence electrons. The largest absolute Gasteiger partial charge is 3.00 e. The minimum absolute atomic E-state index is 0. The van der Waals surface area contributed by atoms with Gasteiger partial charge in [0, 0.05) is 17.9 Å². The first-order valence-electron chi connectivity index (χ1n) is 13.8. The van der Waals surface area contributed by atoms with E-state index in [-0.39, 0.29) is 52.0 Å². The molecule has 0 saturated carbocycles. The molecule has 0 bridgehead atoms. The molecule has 0 N–H and O–H groups in total. The summed E-state index contributed by atoms with van der Waals surface area (Å²) in [7, 11) is 0. The molecule has 0 spiro atoms. The van der Waals surface area contributed by atoms with Crippen molar-refractivity contribution in [3.05, 3.63) is 0 Å². The first kappa shape index (κ1) is 43.6. The van der Waals surface area contributed by atoms with E-state index in [2.05, 4.69) is 62.3 Å². The van der Waals surface area contributed by atoms with Gasteiger partial charge in [0.05, 0.1) is 0 Å². The average molecular weight is 603 g/mol. The Hall–Kier alpha value is -0.486. The van der Waals surface area contributed by atoms with E-state index >= 15 is 0 Å². The van der Waals surface area contributed by atoms with Crippen molar-refractivity contribution in [2.45, 2.75) is 159 Å². The standard InChI is InChI=1S/3C10H20O2.Y/c3*1-10(2,3)8-6-4-5-7-9(11)12;/h3*4-8H2,1-3H3,(H,11,12);/q;;;+3/p-3. The van der Waals surface area contributed by atoms with Crippen molar-refractivity contribution in [2.75, 3.05) is 0 Å². The maximum absolute atomic E-state index is 10.0. The molecule has 0 amide bonds. The fourth-order valence-electron chi connectivity index (χ4n) is 3.30. The number of carbonyl (C=O) groups excluding carboxylic acids is 3. The number of hydrogen-bond acceptors (Lipinski definition) is 6. The van der Waals surface area contributed by atoms with Crippen LogP contribution in [-0.4, -0.2) is 17.9 Å². The van der Waals surface area contributed by atoms with Crippen molar-refractivity contribution < 1.29 is 62.4 Å². The number of hydrogen-bond donors (Lipinski definition) is 0. The second-order valence-electron chi connectivity index (χ2n) is 13.5. The zero-order chi connectivity index (χ0) is 28.8. The van der Waals surface area contributed by atoms with Crippen LogP contribution in [-0.2, 0) is 47.1 Å². The van der Waals surface area contributed by atoms with E-state index in [9.17, 15) is 29.7 Å². The van der Waals surface area contributed by atoms with E-state index in [4.69, 9.17) is 0 Å². The summed E-state index contributed by atoms with van der Waals surface area (Å²) in [5, 5.41) is 30.1. The Morgan fingerprint density at radius 3 is 0.730 bits per heavy atom. The van der Waals surface area contributed by atoms with Crippen LogP contribution in [0.25, 0.3) is 0 Å². The molecule has 6 nitrogen and oxygen atoms in total. The Morgan fingerprint density at radius 1 is 0.405 bits per heavy atom. The molecule has 0 aliphatic heterocycles. The second kappa shape index (κ2) is 24.5. The van der Waals surface area contributed by atoms with Gasteiger partial charge in [0.1, 0.15) is 0 Å². The fourth-order valence-corrected chi connectivity index (χ4v) is 3.30. The third kappa shape index (κ3) is 56.7. The molecule has 0 aromatic carbocycles. The Kier molecular flexibility index (Phi) is 28.9. The van der Waals surface area contributed by atoms with Gasteiger partial charge in [-0.25, -0.2) is 0 Å². The first-order chi connectivity index (χ1) is 16.2. The van der Waals surface area contributed by atoms with Crippen molar-refractivity contribution in [2.24, 2.45) is 16.2 Å². The summed E-state index contributed by atoms with van der Waals surface area (Å²) in [5.41, 5.74) is 1.13. The fraction of sp³-hybridized carbons (Fsp3) is 0.900. The van der Waals surface area contributed by atoms with Crippen LogP contribution >= 0.6 is 0 Å². The van der Waals surface area contributed by atoms with E-state index in [1.807, 2.05) is 0 Å². The van der Waals surface area contributed by atoms with Crippen LogP contribution in [0, 0.1) is 16.2 Å². The molecule has 37 heavy (non-hydrogen) atoms. The number of carboxylic acids is 3. The van der Waals surface area contributed by atoms with E-state index in [0.717, 1.165) is 57.8 Å². The molecule has 0 atom stereocenters. The van der Waals surface area contributed by atoms with Gasteiger partial charge in [-0.15, -0.1) is 0 Å². The van der Waals surface area contributed by atoms with Gasteiger partial charge in [-0.1, -0.05) is 101 Å². The van der Waals surface area contributed by atoms with Crippen molar-refractivity contribution in [3.63, 3.8) is 0 Å². The zero-order valence-corrected chi connectivity index (χ0v) is 28.5. The van der Waals surface area contributed by atoms with Crippen LogP contribution in [0.2, 0.25) is 0 Å². The van der Waals surface area contributed by atoms with E-state index < -0.39 is 17.9 Å². The topological polar surface area (TPSA) is 120 Å². The van der Waals surface area contributed by atoms with E-state index in [1.54, 1.807) is 0 Å². The molecule has 0 aromatic rings. The Labute approximate surface area is 254 Å². The molecule has 7 heteroatoms. The molecule has 0 aliphatic carbocycles. The van der Waals surface area contributed by atoms with E-state index in [0.29, 0.717) is 16.2 Å². The van der Waals surface area contributed by atoms with Crippen LogP contribution in [0.5, 0.6) is 0 Å². The van der Waals surface area contributed by atoms with Crippen molar-refractivity contribution >= 4 is 17.9 Å². The number of carboxylic acid groups (broad SMARTS) is 3. The number of unbranched alkanes of at least 4 members (excludes halogenated alkanes) is 6. The molecule has 0 unspecified atom stereocenters. The summed E-state index contributed by atoms with van der Waals surface area (Å²) in [5.74, 6) is -2.78. The normalized spacial score (nSPS) is 11.3. The minimum atomic E-state index is -0.925. The van der Waals surface area contributed by atoms with Gasteiger partial charge < -0.3 is 29.7 Å². The average Bonchev–Trinajstić information content (AvgIpc) is 2.65. The maximum atomic E-state index is 10.0. The van der Waals surface area contributed by atoms with Crippen LogP contribution in [0.3, 0.4) is 0 Å². The van der Waals surface area contributed by atoms with Gasteiger partial charge in [-0.3, -0.25) is 0 Å². The van der Waals surface area contributed by atoms with Crippen molar-refractivity contribution in [1.29, 1.82) is 0 Å². The van der Waals surface area contributed by atoms with E-state index in [1.165, 1.54) is 19.3 Å². The molecular weight excluding hydrogens is 545 g/mol. The predicted molar refractivity (Wildman–Crippen MR) is 143 cm³/mol. The monoisotopic (exact) mass is 602 g/mol. The molecular formula is C30H57O6Y. The van der Waals surface area contributed by atoms with Gasteiger partial charge in [0.2, 0.25) is 0 Å². The van der Waals surface area contributed by atoms with Gasteiger partial charge in [0.25, 0.3) is 0 Å². The number of rotatable bonds is 15. The van der Waals surface area contributed by atoms with Gasteiger partial charge in [-0.2, -0.15) is 0 Å². The Morgan fingerprint density at radius 2 is 0.595 bits per heavy atom. The smallest absolute Gasteiger partial charge is 0.550 e. The zero-order valence-electron chi connectivity index (χ0n) is 25.6. The second-order valence-corrected chi connectivity index (χ2v) is 13.5. The molecule has 0 fully saturated rings. The predicted octanol–water partition coefficient (Wildman–Crippen LogP) is 5.20. The SMILES string of the molecule is CC(C)(C)CCCCCC(=O)[O-].CC(C)(C)CCCCCC(=O)[O-].CC(C)(C)CCCCCC(=O)[O-].[Y+3]. The molecule has 0 aliphatic rings. The van der Waals surface area contributed by atoms with Crippen molar-refractivity contribution in [1.82, 2.24) is 0 Å². The summed E-state index contributed by atoms with van der Waals surface area (Å²) in [6.07, 6.45) is 12.8. The van der Waals surface area contributed by atoms with Crippen LogP contribution < -0.4 is 15.3 Å². The third-order valence-electron chi connectivity index (χ3n) is 5.42. The van der Waals surface area contributed by atoms with Crippen LogP contribution in [0.1, 0.15) is 159 Å². The quantitative estimate of drug-likeness (QED) is 0.238. The van der Waals surface area contributed by atoms with Crippen LogP contribution in [0.15, 0.2) is 0 Å². The van der Waals surface area contributed by atoms with Gasteiger partial charge in [0.15, 0.2) is 0 Å². The maximum Gasteiger partial charge on any atom is 3.00 e. The molecule has 0 aromatic heterocycles.